The summed E-state index contributed by atoms with van der Waals surface area (Å²) in [6.07, 6.45) is 0. The summed E-state index contributed by atoms with van der Waals surface area (Å²) >= 11 is 0. The smallest absolute Gasteiger partial charge is 0.153 e. The van der Waals surface area contributed by atoms with Gasteiger partial charge in [0.25, 0.3) is 0 Å². The maximum Gasteiger partial charge on any atom is 0.153 e. The van der Waals surface area contributed by atoms with Crippen molar-refractivity contribution in [1.82, 2.24) is 10.2 Å². The summed E-state index contributed by atoms with van der Waals surface area (Å²) in [6, 6.07) is 4.15. The molecule has 1 aromatic carbocycles. The second kappa shape index (κ2) is 2.24. The van der Waals surface area contributed by atoms with Gasteiger partial charge in [0.1, 0.15) is 0 Å². The average molecular weight is 161 g/mol. The third kappa shape index (κ3) is 0.863. The Labute approximate surface area is 70.6 Å². The Morgan fingerprint density at radius 2 is 2.08 bits per heavy atom. The number of aryl methyl sites for hydroxylation is 2. The number of nitrogen functional groups attached to an aromatic ring is 1. The molecule has 0 amide bonds. The lowest BCUT2D eigenvalue weighted by Gasteiger charge is -1.98. The van der Waals surface area contributed by atoms with E-state index < -0.39 is 0 Å². The lowest BCUT2D eigenvalue weighted by atomic mass is 10.1. The van der Waals surface area contributed by atoms with E-state index in [9.17, 15) is 0 Å². The van der Waals surface area contributed by atoms with Gasteiger partial charge in [-0.15, -0.1) is 0 Å². The van der Waals surface area contributed by atoms with Crippen molar-refractivity contribution in [3.05, 3.63) is 23.3 Å². The largest absolute Gasteiger partial charge is 0.382 e. The van der Waals surface area contributed by atoms with Crippen molar-refractivity contribution in [1.29, 1.82) is 0 Å². The number of fused-ring (bicyclic) bond motifs is 1. The Morgan fingerprint density at radius 1 is 1.33 bits per heavy atom. The number of hydrogen-bond donors (Lipinski definition) is 2. The SMILES string of the molecule is Cc1cc(C)c2c(N)n[nH]c2c1. The predicted octanol–water partition coefficient (Wildman–Crippen LogP) is 1.76. The zero-order chi connectivity index (χ0) is 8.72. The molecule has 0 saturated carbocycles. The van der Waals surface area contributed by atoms with Gasteiger partial charge in [0.2, 0.25) is 0 Å². The van der Waals surface area contributed by atoms with Gasteiger partial charge in [-0.25, -0.2) is 0 Å². The number of nitrogens with two attached hydrogens (primary N) is 1. The minimum Gasteiger partial charge on any atom is -0.382 e. The molecule has 0 aliphatic heterocycles. The highest BCUT2D eigenvalue weighted by atomic mass is 15.1. The zero-order valence-electron chi connectivity index (χ0n) is 7.18. The van der Waals surface area contributed by atoms with E-state index in [0.29, 0.717) is 5.82 Å². The molecule has 62 valence electrons. The van der Waals surface area contributed by atoms with Crippen molar-refractivity contribution in [2.45, 2.75) is 13.8 Å². The molecule has 1 aromatic heterocycles. The summed E-state index contributed by atoms with van der Waals surface area (Å²) in [5.41, 5.74) is 9.11. The summed E-state index contributed by atoms with van der Waals surface area (Å²) in [5, 5.41) is 7.89. The fraction of sp³-hybridized carbons (Fsp3) is 0.222. The number of benzene rings is 1. The van der Waals surface area contributed by atoms with E-state index in [4.69, 9.17) is 5.73 Å². The summed E-state index contributed by atoms with van der Waals surface area (Å²) in [4.78, 5) is 0. The van der Waals surface area contributed by atoms with E-state index in [-0.39, 0.29) is 0 Å². The molecule has 2 aromatic rings. The molecule has 0 saturated heterocycles. The second-order valence-electron chi connectivity index (χ2n) is 3.11. The van der Waals surface area contributed by atoms with Crippen molar-refractivity contribution in [2.24, 2.45) is 0 Å². The van der Waals surface area contributed by atoms with Crippen LogP contribution in [0.1, 0.15) is 11.1 Å². The maximum absolute atomic E-state index is 5.68. The number of hydrogen-bond acceptors (Lipinski definition) is 2. The van der Waals surface area contributed by atoms with Gasteiger partial charge in [-0.2, -0.15) is 5.10 Å². The summed E-state index contributed by atoms with van der Waals surface area (Å²) in [6.45, 7) is 4.10. The highest BCUT2D eigenvalue weighted by Gasteiger charge is 2.04. The number of aromatic amines is 1. The van der Waals surface area contributed by atoms with Gasteiger partial charge in [0.15, 0.2) is 5.82 Å². The van der Waals surface area contributed by atoms with Gasteiger partial charge in [-0.3, -0.25) is 5.10 Å². The Hall–Kier alpha value is -1.51. The molecule has 0 atom stereocenters. The fourth-order valence-electron chi connectivity index (χ4n) is 1.57. The molecular weight excluding hydrogens is 150 g/mol. The predicted molar refractivity (Wildman–Crippen MR) is 50.0 cm³/mol. The van der Waals surface area contributed by atoms with E-state index in [0.717, 1.165) is 10.9 Å². The van der Waals surface area contributed by atoms with Crippen LogP contribution in [0.25, 0.3) is 10.9 Å². The van der Waals surface area contributed by atoms with Crippen molar-refractivity contribution in [3.63, 3.8) is 0 Å². The Kier molecular flexibility index (Phi) is 1.33. The van der Waals surface area contributed by atoms with Crippen LogP contribution in [0.5, 0.6) is 0 Å². The molecule has 0 radical (unpaired) electrons. The third-order valence-electron chi connectivity index (χ3n) is 2.03. The summed E-state index contributed by atoms with van der Waals surface area (Å²) in [5.74, 6) is 0.586. The minimum absolute atomic E-state index is 0.586. The Morgan fingerprint density at radius 3 is 2.83 bits per heavy atom. The van der Waals surface area contributed by atoms with Gasteiger partial charge >= 0.3 is 0 Å². The number of rotatable bonds is 0. The molecule has 0 spiro atoms. The molecular formula is C9H11N3. The molecule has 0 fully saturated rings. The molecule has 12 heavy (non-hydrogen) atoms. The molecule has 0 unspecified atom stereocenters. The topological polar surface area (TPSA) is 54.7 Å². The molecule has 0 bridgehead atoms. The summed E-state index contributed by atoms with van der Waals surface area (Å²) in [7, 11) is 0. The quantitative estimate of drug-likeness (QED) is 0.618. The van der Waals surface area contributed by atoms with E-state index in [1.54, 1.807) is 0 Å². The number of nitrogens with zero attached hydrogens (tertiary/aromatic N) is 1. The maximum atomic E-state index is 5.68. The number of aromatic nitrogens is 2. The molecule has 0 aliphatic rings. The van der Waals surface area contributed by atoms with Crippen molar-refractivity contribution in [2.75, 3.05) is 5.73 Å². The first kappa shape index (κ1) is 7.16. The van der Waals surface area contributed by atoms with Crippen LogP contribution in [0.4, 0.5) is 5.82 Å². The Bertz CT molecular complexity index is 429. The number of H-pyrrole nitrogens is 1. The standard InChI is InChI=1S/C9H11N3/c1-5-3-6(2)8-7(4-5)11-12-9(8)10/h3-4H,1-2H3,(H3,10,11,12). The van der Waals surface area contributed by atoms with Gasteiger partial charge in [0.05, 0.1) is 5.52 Å². The highest BCUT2D eigenvalue weighted by molar-refractivity contribution is 5.91. The molecule has 0 aliphatic carbocycles. The zero-order valence-corrected chi connectivity index (χ0v) is 7.18. The second-order valence-corrected chi connectivity index (χ2v) is 3.11. The summed E-state index contributed by atoms with van der Waals surface area (Å²) < 4.78 is 0. The lowest BCUT2D eigenvalue weighted by Crippen LogP contribution is -1.86. The monoisotopic (exact) mass is 161 g/mol. The van der Waals surface area contributed by atoms with Gasteiger partial charge in [0, 0.05) is 5.39 Å². The fourth-order valence-corrected chi connectivity index (χ4v) is 1.57. The van der Waals surface area contributed by atoms with Crippen molar-refractivity contribution in [3.8, 4) is 0 Å². The number of anilines is 1. The van der Waals surface area contributed by atoms with Crippen LogP contribution >= 0.6 is 0 Å². The van der Waals surface area contributed by atoms with Crippen LogP contribution in [-0.4, -0.2) is 10.2 Å². The average Bonchev–Trinajstić information content (AvgIpc) is 2.31. The third-order valence-corrected chi connectivity index (χ3v) is 2.03. The van der Waals surface area contributed by atoms with Crippen molar-refractivity contribution < 1.29 is 0 Å². The molecule has 3 nitrogen and oxygen atoms in total. The lowest BCUT2D eigenvalue weighted by molar-refractivity contribution is 1.13. The van der Waals surface area contributed by atoms with Crippen LogP contribution in [-0.2, 0) is 0 Å². The van der Waals surface area contributed by atoms with E-state index in [1.165, 1.54) is 11.1 Å². The molecule has 3 heteroatoms. The van der Waals surface area contributed by atoms with Gasteiger partial charge < -0.3 is 5.73 Å². The molecule has 2 rings (SSSR count). The minimum atomic E-state index is 0.586. The van der Waals surface area contributed by atoms with Crippen LogP contribution in [0.15, 0.2) is 12.1 Å². The molecule has 3 N–H and O–H groups in total. The Balaban J connectivity index is 2.93. The van der Waals surface area contributed by atoms with Crippen LogP contribution < -0.4 is 5.73 Å². The van der Waals surface area contributed by atoms with Gasteiger partial charge in [-0.05, 0) is 31.0 Å². The van der Waals surface area contributed by atoms with Crippen LogP contribution in [0.2, 0.25) is 0 Å². The first-order valence-corrected chi connectivity index (χ1v) is 3.89. The van der Waals surface area contributed by atoms with E-state index in [1.807, 2.05) is 13.0 Å². The van der Waals surface area contributed by atoms with E-state index in [2.05, 4.69) is 23.2 Å². The van der Waals surface area contributed by atoms with Crippen molar-refractivity contribution >= 4 is 16.7 Å². The number of nitrogens with one attached hydrogen (secondary N) is 1. The van der Waals surface area contributed by atoms with Gasteiger partial charge in [-0.1, -0.05) is 6.07 Å². The highest BCUT2D eigenvalue weighted by Crippen LogP contribution is 2.22. The van der Waals surface area contributed by atoms with Crippen LogP contribution in [0, 0.1) is 13.8 Å². The molecule has 1 heterocycles. The first-order chi connectivity index (χ1) is 5.68. The van der Waals surface area contributed by atoms with E-state index >= 15 is 0 Å². The normalized spacial score (nSPS) is 10.8. The first-order valence-electron chi connectivity index (χ1n) is 3.89. The van der Waals surface area contributed by atoms with Crippen LogP contribution in [0.3, 0.4) is 0 Å².